The molecule has 1 aromatic heterocycles. The van der Waals surface area contributed by atoms with Crippen LogP contribution in [-0.4, -0.2) is 24.0 Å². The van der Waals surface area contributed by atoms with Gasteiger partial charge in [0.25, 0.3) is 0 Å². The summed E-state index contributed by atoms with van der Waals surface area (Å²) < 4.78 is 10.3. The number of aryl methyl sites for hydroxylation is 1. The SMILES string of the molecule is COc1ccc(CCC2=N/C(=C/c3cccnc3)C(=O)O2)cc1. The average molecular weight is 308 g/mol. The summed E-state index contributed by atoms with van der Waals surface area (Å²) >= 11 is 0. The molecule has 2 heterocycles. The molecule has 1 aliphatic rings. The van der Waals surface area contributed by atoms with E-state index < -0.39 is 5.97 Å². The number of nitrogens with zero attached hydrogens (tertiary/aromatic N) is 2. The third-order valence-electron chi connectivity index (χ3n) is 3.44. The number of aliphatic imine (C=N–C) groups is 1. The number of carbonyl (C=O) groups excluding carboxylic acids is 1. The minimum atomic E-state index is -0.418. The van der Waals surface area contributed by atoms with Gasteiger partial charge < -0.3 is 9.47 Å². The predicted molar refractivity (Wildman–Crippen MR) is 87.1 cm³/mol. The van der Waals surface area contributed by atoms with Crippen molar-refractivity contribution < 1.29 is 14.3 Å². The van der Waals surface area contributed by atoms with Gasteiger partial charge in [0.05, 0.1) is 7.11 Å². The lowest BCUT2D eigenvalue weighted by Crippen LogP contribution is -2.05. The van der Waals surface area contributed by atoms with Crippen molar-refractivity contribution >= 4 is 17.9 Å². The van der Waals surface area contributed by atoms with Crippen molar-refractivity contribution in [3.63, 3.8) is 0 Å². The summed E-state index contributed by atoms with van der Waals surface area (Å²) in [6.07, 6.45) is 6.35. The quantitative estimate of drug-likeness (QED) is 0.629. The van der Waals surface area contributed by atoms with E-state index >= 15 is 0 Å². The molecule has 0 N–H and O–H groups in total. The molecule has 0 bridgehead atoms. The number of aromatic nitrogens is 1. The van der Waals surface area contributed by atoms with Crippen molar-refractivity contribution in [3.05, 3.63) is 65.6 Å². The van der Waals surface area contributed by atoms with Gasteiger partial charge in [-0.05, 0) is 41.8 Å². The highest BCUT2D eigenvalue weighted by atomic mass is 16.6. The summed E-state index contributed by atoms with van der Waals surface area (Å²) in [6.45, 7) is 0. The van der Waals surface area contributed by atoms with Crippen LogP contribution >= 0.6 is 0 Å². The Morgan fingerprint density at radius 3 is 2.70 bits per heavy atom. The lowest BCUT2D eigenvalue weighted by atomic mass is 10.1. The molecule has 0 radical (unpaired) electrons. The Kier molecular flexibility index (Phi) is 4.47. The molecule has 0 fully saturated rings. The van der Waals surface area contributed by atoms with Gasteiger partial charge >= 0.3 is 5.97 Å². The van der Waals surface area contributed by atoms with Crippen LogP contribution in [0.25, 0.3) is 6.08 Å². The van der Waals surface area contributed by atoms with E-state index in [-0.39, 0.29) is 0 Å². The predicted octanol–water partition coefficient (Wildman–Crippen LogP) is 3.02. The van der Waals surface area contributed by atoms with Crippen LogP contribution in [0.2, 0.25) is 0 Å². The molecule has 5 nitrogen and oxygen atoms in total. The van der Waals surface area contributed by atoms with E-state index in [1.165, 1.54) is 0 Å². The first kappa shape index (κ1) is 15.0. The van der Waals surface area contributed by atoms with Crippen molar-refractivity contribution in [3.8, 4) is 5.75 Å². The highest BCUT2D eigenvalue weighted by molar-refractivity contribution is 6.07. The second kappa shape index (κ2) is 6.87. The Labute approximate surface area is 134 Å². The van der Waals surface area contributed by atoms with E-state index in [0.29, 0.717) is 18.0 Å². The summed E-state index contributed by atoms with van der Waals surface area (Å²) in [5.74, 6) is 0.847. The zero-order valence-electron chi connectivity index (χ0n) is 12.7. The van der Waals surface area contributed by atoms with Gasteiger partial charge in [0, 0.05) is 18.8 Å². The van der Waals surface area contributed by atoms with E-state index in [4.69, 9.17) is 9.47 Å². The van der Waals surface area contributed by atoms with Gasteiger partial charge in [-0.3, -0.25) is 4.98 Å². The van der Waals surface area contributed by atoms with Crippen molar-refractivity contribution in [2.75, 3.05) is 7.11 Å². The number of ether oxygens (including phenoxy) is 2. The van der Waals surface area contributed by atoms with Crippen LogP contribution in [-0.2, 0) is 16.0 Å². The number of pyridine rings is 1. The number of hydrogen-bond acceptors (Lipinski definition) is 5. The highest BCUT2D eigenvalue weighted by Gasteiger charge is 2.22. The van der Waals surface area contributed by atoms with Crippen LogP contribution in [0.15, 0.2) is 59.5 Å². The fourth-order valence-electron chi connectivity index (χ4n) is 2.22. The lowest BCUT2D eigenvalue weighted by Gasteiger charge is -2.03. The fraction of sp³-hybridized carbons (Fsp3) is 0.167. The third-order valence-corrected chi connectivity index (χ3v) is 3.44. The van der Waals surface area contributed by atoms with Crippen LogP contribution < -0.4 is 4.74 Å². The second-order valence-electron chi connectivity index (χ2n) is 5.06. The molecule has 0 saturated carbocycles. The molecule has 23 heavy (non-hydrogen) atoms. The maximum atomic E-state index is 11.8. The number of carbonyl (C=O) groups is 1. The molecule has 1 aliphatic heterocycles. The van der Waals surface area contributed by atoms with Crippen molar-refractivity contribution in [1.82, 2.24) is 4.98 Å². The van der Waals surface area contributed by atoms with Gasteiger partial charge in [0.15, 0.2) is 11.6 Å². The summed E-state index contributed by atoms with van der Waals surface area (Å²) in [4.78, 5) is 20.1. The Hall–Kier alpha value is -2.95. The second-order valence-corrected chi connectivity index (χ2v) is 5.06. The standard InChI is InChI=1S/C18H16N2O3/c1-22-15-7-4-13(5-8-15)6-9-17-20-16(18(21)23-17)11-14-3-2-10-19-12-14/h2-5,7-8,10-12H,6,9H2,1H3/b16-11+. The molecule has 0 saturated heterocycles. The van der Waals surface area contributed by atoms with Crippen molar-refractivity contribution in [2.45, 2.75) is 12.8 Å². The van der Waals surface area contributed by atoms with Crippen LogP contribution in [0.5, 0.6) is 5.75 Å². The molecule has 0 unspecified atom stereocenters. The lowest BCUT2D eigenvalue weighted by molar-refractivity contribution is -0.130. The number of hydrogen-bond donors (Lipinski definition) is 0. The molecular weight excluding hydrogens is 292 g/mol. The molecular formula is C18H16N2O3. The Morgan fingerprint density at radius 1 is 1.17 bits per heavy atom. The molecule has 0 amide bonds. The Bertz CT molecular complexity index is 750. The van der Waals surface area contributed by atoms with Gasteiger partial charge in [-0.2, -0.15) is 0 Å². The first-order valence-corrected chi connectivity index (χ1v) is 7.29. The highest BCUT2D eigenvalue weighted by Crippen LogP contribution is 2.18. The van der Waals surface area contributed by atoms with Gasteiger partial charge in [0.1, 0.15) is 5.75 Å². The molecule has 3 rings (SSSR count). The first-order chi connectivity index (χ1) is 11.2. The van der Waals surface area contributed by atoms with Crippen LogP contribution in [0.4, 0.5) is 0 Å². The monoisotopic (exact) mass is 308 g/mol. The first-order valence-electron chi connectivity index (χ1n) is 7.29. The van der Waals surface area contributed by atoms with Crippen LogP contribution in [0.1, 0.15) is 17.5 Å². The van der Waals surface area contributed by atoms with Crippen LogP contribution in [0, 0.1) is 0 Å². The molecule has 1 aromatic carbocycles. The van der Waals surface area contributed by atoms with E-state index in [1.54, 1.807) is 31.6 Å². The molecule has 116 valence electrons. The van der Waals surface area contributed by atoms with E-state index in [1.807, 2.05) is 30.3 Å². The third kappa shape index (κ3) is 3.83. The van der Waals surface area contributed by atoms with Gasteiger partial charge in [0.2, 0.25) is 0 Å². The number of rotatable bonds is 5. The largest absolute Gasteiger partial charge is 0.497 e. The molecule has 5 heteroatoms. The molecule has 0 spiro atoms. The van der Waals surface area contributed by atoms with E-state index in [0.717, 1.165) is 23.3 Å². The minimum Gasteiger partial charge on any atom is -0.497 e. The molecule has 0 atom stereocenters. The number of esters is 1. The molecule has 0 aliphatic carbocycles. The fourth-order valence-corrected chi connectivity index (χ4v) is 2.22. The summed E-state index contributed by atoms with van der Waals surface area (Å²) in [5, 5.41) is 0. The number of cyclic esters (lactones) is 1. The maximum absolute atomic E-state index is 11.8. The normalized spacial score (nSPS) is 15.4. The zero-order chi connectivity index (χ0) is 16.1. The Balaban J connectivity index is 1.65. The average Bonchev–Trinajstić information content (AvgIpc) is 2.94. The van der Waals surface area contributed by atoms with Crippen molar-refractivity contribution in [2.24, 2.45) is 4.99 Å². The summed E-state index contributed by atoms with van der Waals surface area (Å²) in [5.41, 5.74) is 2.26. The maximum Gasteiger partial charge on any atom is 0.363 e. The van der Waals surface area contributed by atoms with E-state index in [2.05, 4.69) is 9.98 Å². The topological polar surface area (TPSA) is 60.8 Å². The minimum absolute atomic E-state index is 0.308. The summed E-state index contributed by atoms with van der Waals surface area (Å²) in [6, 6.07) is 11.5. The zero-order valence-corrected chi connectivity index (χ0v) is 12.7. The van der Waals surface area contributed by atoms with Crippen molar-refractivity contribution in [1.29, 1.82) is 0 Å². The number of methoxy groups -OCH3 is 1. The number of benzene rings is 1. The van der Waals surface area contributed by atoms with Gasteiger partial charge in [-0.1, -0.05) is 18.2 Å². The van der Waals surface area contributed by atoms with E-state index in [9.17, 15) is 4.79 Å². The smallest absolute Gasteiger partial charge is 0.363 e. The Morgan fingerprint density at radius 2 is 2.00 bits per heavy atom. The van der Waals surface area contributed by atoms with Gasteiger partial charge in [-0.25, -0.2) is 9.79 Å². The molecule has 2 aromatic rings. The van der Waals surface area contributed by atoms with Crippen LogP contribution in [0.3, 0.4) is 0 Å². The van der Waals surface area contributed by atoms with Gasteiger partial charge in [-0.15, -0.1) is 0 Å². The summed E-state index contributed by atoms with van der Waals surface area (Å²) in [7, 11) is 1.64.